The van der Waals surface area contributed by atoms with Crippen LogP contribution in [0.4, 0.5) is 5.00 Å². The van der Waals surface area contributed by atoms with Gasteiger partial charge in [-0.2, -0.15) is 5.10 Å². The topological polar surface area (TPSA) is 85.2 Å². The number of hydrogen-bond acceptors (Lipinski definition) is 6. The number of ether oxygens (including phenoxy) is 1. The van der Waals surface area contributed by atoms with Crippen molar-refractivity contribution in [1.29, 1.82) is 0 Å². The van der Waals surface area contributed by atoms with Crippen LogP contribution in [0.15, 0.2) is 12.3 Å². The average Bonchev–Trinajstić information content (AvgIpc) is 3.09. The van der Waals surface area contributed by atoms with Crippen molar-refractivity contribution in [2.24, 2.45) is 7.05 Å². The fourth-order valence-electron chi connectivity index (χ4n) is 3.64. The zero-order valence-corrected chi connectivity index (χ0v) is 17.9. The summed E-state index contributed by atoms with van der Waals surface area (Å²) in [4.78, 5) is 26.1. The fraction of sp³-hybridized carbons (Fsp3) is 0.500. The summed E-state index contributed by atoms with van der Waals surface area (Å²) >= 11 is 1.41. The quantitative estimate of drug-likeness (QED) is 0.756. The number of anilines is 1. The number of esters is 1. The van der Waals surface area contributed by atoms with Gasteiger partial charge in [-0.05, 0) is 45.7 Å². The largest absolute Gasteiger partial charge is 0.465 e. The van der Waals surface area contributed by atoms with Crippen LogP contribution in [0.25, 0.3) is 0 Å². The highest BCUT2D eigenvalue weighted by atomic mass is 35.5. The number of thiophene rings is 1. The van der Waals surface area contributed by atoms with Gasteiger partial charge in [0, 0.05) is 29.2 Å². The molecule has 0 spiro atoms. The number of carbonyl (C=O) groups is 2. The van der Waals surface area contributed by atoms with E-state index in [9.17, 15) is 9.59 Å². The summed E-state index contributed by atoms with van der Waals surface area (Å²) in [5.41, 5.74) is 1.18. The maximum absolute atomic E-state index is 12.5. The first-order valence-corrected chi connectivity index (χ1v) is 9.20. The second kappa shape index (κ2) is 7.26. The maximum atomic E-state index is 12.5. The number of aromatic nitrogens is 2. The number of halogens is 1. The average molecular weight is 413 g/mol. The molecular formula is C18H25ClN4O3S. The summed E-state index contributed by atoms with van der Waals surface area (Å²) in [6.45, 7) is 8.36. The van der Waals surface area contributed by atoms with Crippen molar-refractivity contribution in [2.75, 3.05) is 12.4 Å². The Morgan fingerprint density at radius 2 is 2.00 bits per heavy atom. The van der Waals surface area contributed by atoms with Crippen LogP contribution in [0, 0.1) is 0 Å². The van der Waals surface area contributed by atoms with Crippen molar-refractivity contribution in [3.05, 3.63) is 34.0 Å². The second-order valence-corrected chi connectivity index (χ2v) is 8.77. The number of amides is 1. The standard InChI is InChI=1S/C18H24N4O3S.ClH/c1-17(2)9-10-12(16(24)25-6)15(26-13(10)18(3,4)21-17)19-14(23)11-7-8-22(5)20-11;/h7-8,21H,9H2,1-6H3,(H,19,23);1H. The molecule has 0 aliphatic carbocycles. The molecule has 7 nitrogen and oxygen atoms in total. The first-order chi connectivity index (χ1) is 12.0. The molecule has 148 valence electrons. The first-order valence-electron chi connectivity index (χ1n) is 8.39. The van der Waals surface area contributed by atoms with Crippen LogP contribution in [-0.4, -0.2) is 34.3 Å². The molecule has 1 aliphatic rings. The Morgan fingerprint density at radius 3 is 2.56 bits per heavy atom. The van der Waals surface area contributed by atoms with Crippen LogP contribution in [0.2, 0.25) is 0 Å². The zero-order chi connectivity index (χ0) is 19.3. The molecule has 0 atom stereocenters. The number of methoxy groups -OCH3 is 1. The van der Waals surface area contributed by atoms with Gasteiger partial charge in [-0.25, -0.2) is 4.79 Å². The summed E-state index contributed by atoms with van der Waals surface area (Å²) in [5.74, 6) is -0.785. The summed E-state index contributed by atoms with van der Waals surface area (Å²) in [5, 5.41) is 11.1. The molecule has 0 saturated carbocycles. The Labute approximate surface area is 168 Å². The van der Waals surface area contributed by atoms with Crippen LogP contribution in [-0.2, 0) is 23.7 Å². The van der Waals surface area contributed by atoms with Crippen LogP contribution in [0.3, 0.4) is 0 Å². The van der Waals surface area contributed by atoms with E-state index >= 15 is 0 Å². The van der Waals surface area contributed by atoms with Gasteiger partial charge in [0.05, 0.1) is 12.7 Å². The van der Waals surface area contributed by atoms with Gasteiger partial charge in [-0.3, -0.25) is 9.48 Å². The molecule has 0 fully saturated rings. The van der Waals surface area contributed by atoms with Gasteiger partial charge >= 0.3 is 5.97 Å². The molecule has 0 bridgehead atoms. The van der Waals surface area contributed by atoms with Crippen molar-refractivity contribution < 1.29 is 14.3 Å². The zero-order valence-electron chi connectivity index (χ0n) is 16.3. The van der Waals surface area contributed by atoms with Gasteiger partial charge in [0.2, 0.25) is 0 Å². The van der Waals surface area contributed by atoms with Crippen molar-refractivity contribution in [3.63, 3.8) is 0 Å². The molecule has 0 aromatic carbocycles. The number of rotatable bonds is 3. The van der Waals surface area contributed by atoms with Gasteiger partial charge in [0.15, 0.2) is 5.69 Å². The third kappa shape index (κ3) is 4.02. The number of fused-ring (bicyclic) bond motifs is 1. The fourth-order valence-corrected chi connectivity index (χ4v) is 4.90. The number of nitrogens with zero attached hydrogens (tertiary/aromatic N) is 2. The first kappa shape index (κ1) is 21.4. The molecule has 0 unspecified atom stereocenters. The molecule has 3 rings (SSSR count). The Hall–Kier alpha value is -1.90. The minimum absolute atomic E-state index is 0. The molecule has 2 N–H and O–H groups in total. The molecule has 2 aromatic rings. The van der Waals surface area contributed by atoms with Gasteiger partial charge in [-0.15, -0.1) is 23.7 Å². The van der Waals surface area contributed by atoms with Crippen molar-refractivity contribution >= 4 is 40.6 Å². The smallest absolute Gasteiger partial charge is 0.341 e. The molecule has 1 aliphatic heterocycles. The van der Waals surface area contributed by atoms with E-state index in [1.54, 1.807) is 24.0 Å². The van der Waals surface area contributed by atoms with E-state index in [1.807, 2.05) is 0 Å². The van der Waals surface area contributed by atoms with Crippen molar-refractivity contribution in [2.45, 2.75) is 45.2 Å². The molecule has 0 radical (unpaired) electrons. The van der Waals surface area contributed by atoms with Crippen LogP contribution in [0.5, 0.6) is 0 Å². The Kier molecular flexibility index (Phi) is 5.75. The molecule has 3 heterocycles. The number of carbonyl (C=O) groups excluding carboxylic acids is 2. The summed E-state index contributed by atoms with van der Waals surface area (Å²) in [7, 11) is 3.10. The lowest BCUT2D eigenvalue weighted by Gasteiger charge is -2.42. The monoisotopic (exact) mass is 412 g/mol. The summed E-state index contributed by atoms with van der Waals surface area (Å²) < 4.78 is 6.57. The number of aryl methyl sites for hydroxylation is 1. The van der Waals surface area contributed by atoms with E-state index in [2.05, 4.69) is 43.4 Å². The molecule has 27 heavy (non-hydrogen) atoms. The van der Waals surface area contributed by atoms with Crippen LogP contribution in [0.1, 0.15) is 59.0 Å². The van der Waals surface area contributed by atoms with Gasteiger partial charge in [-0.1, -0.05) is 0 Å². The van der Waals surface area contributed by atoms with Crippen molar-refractivity contribution in [3.8, 4) is 0 Å². The minimum atomic E-state index is -0.438. The molecule has 2 aromatic heterocycles. The lowest BCUT2D eigenvalue weighted by atomic mass is 9.81. The Balaban J connectivity index is 0.00000261. The number of hydrogen-bond donors (Lipinski definition) is 2. The second-order valence-electron chi connectivity index (χ2n) is 7.74. The SMILES string of the molecule is COC(=O)c1c(NC(=O)c2ccn(C)n2)sc2c1CC(C)(C)NC2(C)C.Cl. The highest BCUT2D eigenvalue weighted by Crippen LogP contribution is 2.45. The third-order valence-electron chi connectivity index (χ3n) is 4.41. The number of nitrogens with one attached hydrogen (secondary N) is 2. The van der Waals surface area contributed by atoms with E-state index < -0.39 is 5.97 Å². The molecule has 1 amide bonds. The summed E-state index contributed by atoms with van der Waals surface area (Å²) in [6, 6.07) is 1.63. The lowest BCUT2D eigenvalue weighted by molar-refractivity contribution is 0.0600. The van der Waals surface area contributed by atoms with E-state index in [4.69, 9.17) is 4.74 Å². The predicted molar refractivity (Wildman–Crippen MR) is 108 cm³/mol. The van der Waals surface area contributed by atoms with E-state index in [1.165, 1.54) is 18.4 Å². The molecule has 0 saturated heterocycles. The molecule has 9 heteroatoms. The van der Waals surface area contributed by atoms with Gasteiger partial charge in [0.25, 0.3) is 5.91 Å². The van der Waals surface area contributed by atoms with Crippen molar-refractivity contribution in [1.82, 2.24) is 15.1 Å². The van der Waals surface area contributed by atoms with E-state index in [0.29, 0.717) is 22.7 Å². The van der Waals surface area contributed by atoms with E-state index in [-0.39, 0.29) is 29.4 Å². The molecular weight excluding hydrogens is 388 g/mol. The van der Waals surface area contributed by atoms with Gasteiger partial charge in [0.1, 0.15) is 5.00 Å². The van der Waals surface area contributed by atoms with Crippen LogP contribution < -0.4 is 10.6 Å². The summed E-state index contributed by atoms with van der Waals surface area (Å²) in [6.07, 6.45) is 2.37. The van der Waals surface area contributed by atoms with Gasteiger partial charge < -0.3 is 15.4 Å². The Bertz CT molecular complexity index is 885. The highest BCUT2D eigenvalue weighted by molar-refractivity contribution is 7.17. The van der Waals surface area contributed by atoms with E-state index in [0.717, 1.165) is 10.4 Å². The van der Waals surface area contributed by atoms with Crippen LogP contribution >= 0.6 is 23.7 Å². The predicted octanol–water partition coefficient (Wildman–Crippen LogP) is 3.10. The minimum Gasteiger partial charge on any atom is -0.465 e. The highest BCUT2D eigenvalue weighted by Gasteiger charge is 2.42. The maximum Gasteiger partial charge on any atom is 0.341 e. The normalized spacial score (nSPS) is 16.8. The third-order valence-corrected chi connectivity index (χ3v) is 5.88. The lowest BCUT2D eigenvalue weighted by Crippen LogP contribution is -2.55. The Morgan fingerprint density at radius 1 is 1.33 bits per heavy atom.